The second-order valence-electron chi connectivity index (χ2n) is 4.69. The lowest BCUT2D eigenvalue weighted by atomic mass is 10.0. The van der Waals surface area contributed by atoms with E-state index in [1.807, 2.05) is 12.1 Å². The number of anilines is 1. The second-order valence-corrected chi connectivity index (χ2v) is 4.69. The largest absolute Gasteiger partial charge is 0.454 e. The number of hydrogen-bond acceptors (Lipinski definition) is 4. The summed E-state index contributed by atoms with van der Waals surface area (Å²) < 4.78 is 10.8. The number of nitrogens with zero attached hydrogens (tertiary/aromatic N) is 2. The van der Waals surface area contributed by atoms with Gasteiger partial charge in [0, 0.05) is 24.3 Å². The Labute approximate surface area is 100 Å². The smallest absolute Gasteiger partial charge is 0.231 e. The predicted octanol–water partition coefficient (Wildman–Crippen LogP) is 2.25. The van der Waals surface area contributed by atoms with Gasteiger partial charge in [-0.05, 0) is 25.5 Å². The molecule has 1 unspecified atom stereocenters. The van der Waals surface area contributed by atoms with Gasteiger partial charge in [0.05, 0.1) is 12.0 Å². The molecule has 0 amide bonds. The van der Waals surface area contributed by atoms with Gasteiger partial charge in [0.2, 0.25) is 6.79 Å². The average molecular weight is 230 g/mol. The Balaban J connectivity index is 2.12. The van der Waals surface area contributed by atoms with Gasteiger partial charge in [0.15, 0.2) is 11.5 Å². The third-order valence-corrected chi connectivity index (χ3v) is 3.37. The van der Waals surface area contributed by atoms with Crippen molar-refractivity contribution in [3.8, 4) is 17.6 Å². The summed E-state index contributed by atoms with van der Waals surface area (Å²) in [6.07, 6.45) is 0. The van der Waals surface area contributed by atoms with Crippen molar-refractivity contribution in [1.82, 2.24) is 0 Å². The molecule has 3 rings (SSSR count). The Kier molecular flexibility index (Phi) is 2.15. The van der Waals surface area contributed by atoms with Crippen LogP contribution in [0.15, 0.2) is 12.1 Å². The number of hydrogen-bond donors (Lipinski definition) is 0. The van der Waals surface area contributed by atoms with Crippen molar-refractivity contribution < 1.29 is 9.47 Å². The normalized spacial score (nSPS) is 20.6. The minimum absolute atomic E-state index is 0.0677. The van der Waals surface area contributed by atoms with Crippen LogP contribution >= 0.6 is 0 Å². The maximum absolute atomic E-state index is 9.21. The van der Waals surface area contributed by atoms with Gasteiger partial charge in [-0.1, -0.05) is 0 Å². The quantitative estimate of drug-likeness (QED) is 0.742. The van der Waals surface area contributed by atoms with Crippen LogP contribution in [0.1, 0.15) is 25.3 Å². The summed E-state index contributed by atoms with van der Waals surface area (Å²) in [6, 6.07) is 6.69. The number of ether oxygens (including phenoxy) is 2. The fourth-order valence-electron chi connectivity index (χ4n) is 2.47. The first-order valence-corrected chi connectivity index (χ1v) is 5.80. The first-order chi connectivity index (χ1) is 8.20. The van der Waals surface area contributed by atoms with Gasteiger partial charge in [-0.25, -0.2) is 0 Å². The molecule has 1 aromatic rings. The van der Waals surface area contributed by atoms with Crippen LogP contribution < -0.4 is 14.4 Å². The lowest BCUT2D eigenvalue weighted by Gasteiger charge is -2.24. The zero-order valence-electron chi connectivity index (χ0n) is 9.93. The molecule has 88 valence electrons. The number of benzene rings is 1. The Morgan fingerprint density at radius 1 is 1.35 bits per heavy atom. The monoisotopic (exact) mass is 230 g/mol. The summed E-state index contributed by atoms with van der Waals surface area (Å²) in [5.74, 6) is 1.48. The lowest BCUT2D eigenvalue weighted by Crippen LogP contribution is -2.29. The van der Waals surface area contributed by atoms with Crippen LogP contribution in [-0.2, 0) is 0 Å². The Bertz CT molecular complexity index is 505. The van der Waals surface area contributed by atoms with E-state index in [2.05, 4.69) is 24.8 Å². The third kappa shape index (κ3) is 1.42. The molecule has 4 heteroatoms. The molecule has 17 heavy (non-hydrogen) atoms. The van der Waals surface area contributed by atoms with Crippen LogP contribution in [0, 0.1) is 11.3 Å². The van der Waals surface area contributed by atoms with E-state index in [4.69, 9.17) is 9.47 Å². The van der Waals surface area contributed by atoms with E-state index in [-0.39, 0.29) is 12.7 Å². The molecule has 1 atom stereocenters. The molecule has 2 aliphatic rings. The van der Waals surface area contributed by atoms with Gasteiger partial charge in [-0.15, -0.1) is 0 Å². The van der Waals surface area contributed by atoms with Crippen LogP contribution in [0.5, 0.6) is 11.5 Å². The van der Waals surface area contributed by atoms with E-state index in [9.17, 15) is 5.26 Å². The molecule has 2 aliphatic heterocycles. The van der Waals surface area contributed by atoms with Crippen LogP contribution in [0.25, 0.3) is 0 Å². The fraction of sp³-hybridized carbons (Fsp3) is 0.462. The minimum atomic E-state index is -0.0677. The molecule has 0 aromatic heterocycles. The van der Waals surface area contributed by atoms with E-state index in [1.54, 1.807) is 0 Å². The Morgan fingerprint density at radius 2 is 2.06 bits per heavy atom. The molecule has 1 aromatic carbocycles. The molecule has 0 saturated heterocycles. The Hall–Kier alpha value is -1.89. The van der Waals surface area contributed by atoms with E-state index >= 15 is 0 Å². The van der Waals surface area contributed by atoms with Crippen LogP contribution in [0.4, 0.5) is 5.69 Å². The van der Waals surface area contributed by atoms with Crippen LogP contribution in [0.2, 0.25) is 0 Å². The minimum Gasteiger partial charge on any atom is -0.454 e. The zero-order chi connectivity index (χ0) is 12.0. The van der Waals surface area contributed by atoms with Gasteiger partial charge < -0.3 is 14.4 Å². The maximum atomic E-state index is 9.21. The maximum Gasteiger partial charge on any atom is 0.231 e. The molecule has 0 fully saturated rings. The van der Waals surface area contributed by atoms with E-state index < -0.39 is 0 Å². The first-order valence-electron chi connectivity index (χ1n) is 5.80. The molecule has 4 nitrogen and oxygen atoms in total. The highest BCUT2D eigenvalue weighted by Gasteiger charge is 2.32. The van der Waals surface area contributed by atoms with Crippen LogP contribution in [0.3, 0.4) is 0 Å². The van der Waals surface area contributed by atoms with Gasteiger partial charge >= 0.3 is 0 Å². The highest BCUT2D eigenvalue weighted by Crippen LogP contribution is 2.45. The van der Waals surface area contributed by atoms with Gasteiger partial charge in [0.1, 0.15) is 0 Å². The predicted molar refractivity (Wildman–Crippen MR) is 63.4 cm³/mol. The molecule has 0 spiro atoms. The van der Waals surface area contributed by atoms with Crippen molar-refractivity contribution in [2.45, 2.75) is 25.8 Å². The van der Waals surface area contributed by atoms with Crippen molar-refractivity contribution in [2.24, 2.45) is 0 Å². The molecular formula is C13H14N2O2. The molecule has 0 bridgehead atoms. The summed E-state index contributed by atoms with van der Waals surface area (Å²) in [4.78, 5) is 2.24. The molecular weight excluding hydrogens is 216 g/mol. The standard InChI is InChI=1S/C13H14N2O2/c1-8(2)15-6-9(5-14)10-3-12-13(4-11(10)15)17-7-16-12/h3-4,8-9H,6-7H2,1-2H3. The van der Waals surface area contributed by atoms with Crippen molar-refractivity contribution in [3.63, 3.8) is 0 Å². The summed E-state index contributed by atoms with van der Waals surface area (Å²) in [6.45, 7) is 5.30. The van der Waals surface area contributed by atoms with E-state index in [0.29, 0.717) is 6.04 Å². The second kappa shape index (κ2) is 3.56. The summed E-state index contributed by atoms with van der Waals surface area (Å²) in [7, 11) is 0. The highest BCUT2D eigenvalue weighted by molar-refractivity contribution is 5.68. The molecule has 2 heterocycles. The van der Waals surface area contributed by atoms with Gasteiger partial charge in [-0.3, -0.25) is 0 Å². The lowest BCUT2D eigenvalue weighted by molar-refractivity contribution is 0.174. The van der Waals surface area contributed by atoms with Crippen molar-refractivity contribution >= 4 is 5.69 Å². The van der Waals surface area contributed by atoms with Crippen LogP contribution in [-0.4, -0.2) is 19.4 Å². The zero-order valence-corrected chi connectivity index (χ0v) is 9.93. The molecule has 0 saturated carbocycles. The third-order valence-electron chi connectivity index (χ3n) is 3.37. The highest BCUT2D eigenvalue weighted by atomic mass is 16.7. The van der Waals surface area contributed by atoms with Gasteiger partial charge in [-0.2, -0.15) is 5.26 Å². The summed E-state index contributed by atoms with van der Waals surface area (Å²) >= 11 is 0. The topological polar surface area (TPSA) is 45.5 Å². The number of rotatable bonds is 1. The first kappa shape index (κ1) is 10.3. The average Bonchev–Trinajstić information content (AvgIpc) is 2.88. The van der Waals surface area contributed by atoms with Crippen molar-refractivity contribution in [2.75, 3.05) is 18.2 Å². The summed E-state index contributed by atoms with van der Waals surface area (Å²) in [5, 5.41) is 9.21. The number of fused-ring (bicyclic) bond motifs is 2. The van der Waals surface area contributed by atoms with E-state index in [1.165, 1.54) is 0 Å². The number of nitriles is 1. The van der Waals surface area contributed by atoms with Crippen molar-refractivity contribution in [1.29, 1.82) is 5.26 Å². The molecule has 0 radical (unpaired) electrons. The fourth-order valence-corrected chi connectivity index (χ4v) is 2.47. The summed E-state index contributed by atoms with van der Waals surface area (Å²) in [5.41, 5.74) is 2.17. The van der Waals surface area contributed by atoms with Crippen molar-refractivity contribution in [3.05, 3.63) is 17.7 Å². The van der Waals surface area contributed by atoms with E-state index in [0.717, 1.165) is 29.3 Å². The Morgan fingerprint density at radius 3 is 2.71 bits per heavy atom. The molecule has 0 N–H and O–H groups in total. The SMILES string of the molecule is CC(C)N1CC(C#N)c2cc3c(cc21)OCO3. The van der Waals surface area contributed by atoms with Gasteiger partial charge in [0.25, 0.3) is 0 Å². The molecule has 0 aliphatic carbocycles.